The van der Waals surface area contributed by atoms with Gasteiger partial charge < -0.3 is 45.1 Å². The number of esters is 1. The number of unbranched alkanes of at least 4 members (excludes halogenated alkanes) is 29. The van der Waals surface area contributed by atoms with Crippen LogP contribution in [0.15, 0.2) is 72.9 Å². The normalized spacial score (nSPS) is 19.5. The average Bonchev–Trinajstić information content (AvgIpc) is 3.43. The van der Waals surface area contributed by atoms with E-state index in [-0.39, 0.29) is 19.4 Å². The zero-order valence-corrected chi connectivity index (χ0v) is 49.3. The number of carbonyl (C=O) groups is 2. The SMILES string of the molecule is CC/C=C\C/C=C\C/C=C\C/C=C\C/C=C\CCCCCCCCCCCCC(O)C(=O)NC(COC1OC(CO)C(O)C(O)C1OC(=O)CCCCCCCCCCCCC)C(O)/C=C/CCCCCCCCCCC. The number of ether oxygens (including phenoxy) is 3. The lowest BCUT2D eigenvalue weighted by Crippen LogP contribution is -2.61. The fourth-order valence-corrected chi connectivity index (χ4v) is 9.62. The maximum atomic E-state index is 13.4. The Bertz CT molecular complexity index is 1530. The summed E-state index contributed by atoms with van der Waals surface area (Å²) >= 11 is 0. The summed E-state index contributed by atoms with van der Waals surface area (Å²) in [6.07, 6.45) is 58.1. The van der Waals surface area contributed by atoms with Crippen LogP contribution >= 0.6 is 0 Å². The first-order chi connectivity index (χ1) is 37.7. The molecule has 0 aromatic heterocycles. The quantitative estimate of drug-likeness (QED) is 0.0195. The molecule has 0 spiro atoms. The van der Waals surface area contributed by atoms with Gasteiger partial charge in [-0.05, 0) is 70.6 Å². The lowest BCUT2D eigenvalue weighted by molar-refractivity contribution is -0.305. The van der Waals surface area contributed by atoms with Gasteiger partial charge in [0.2, 0.25) is 5.91 Å². The van der Waals surface area contributed by atoms with E-state index in [4.69, 9.17) is 14.2 Å². The third kappa shape index (κ3) is 41.7. The van der Waals surface area contributed by atoms with Crippen molar-refractivity contribution < 1.29 is 49.3 Å². The Morgan fingerprint density at radius 3 is 1.40 bits per heavy atom. The van der Waals surface area contributed by atoms with Crippen molar-refractivity contribution in [2.75, 3.05) is 13.2 Å². The van der Waals surface area contributed by atoms with Gasteiger partial charge in [0.1, 0.15) is 24.4 Å². The highest BCUT2D eigenvalue weighted by molar-refractivity contribution is 5.80. The molecule has 1 rings (SSSR count). The van der Waals surface area contributed by atoms with Crippen molar-refractivity contribution in [3.05, 3.63) is 72.9 Å². The Labute approximate surface area is 471 Å². The summed E-state index contributed by atoms with van der Waals surface area (Å²) in [5.74, 6) is -1.20. The monoisotopic (exact) mass is 1080 g/mol. The zero-order valence-electron chi connectivity index (χ0n) is 49.3. The molecule has 1 amide bonds. The minimum atomic E-state index is -1.61. The molecule has 8 atom stereocenters. The molecular formula is C66H117NO10. The highest BCUT2D eigenvalue weighted by Gasteiger charge is 2.47. The molecule has 1 aliphatic rings. The van der Waals surface area contributed by atoms with Crippen molar-refractivity contribution in [1.29, 1.82) is 0 Å². The van der Waals surface area contributed by atoms with Gasteiger partial charge in [0.15, 0.2) is 12.4 Å². The van der Waals surface area contributed by atoms with Gasteiger partial charge >= 0.3 is 5.97 Å². The molecular weight excluding hydrogens is 967 g/mol. The van der Waals surface area contributed by atoms with E-state index in [1.54, 1.807) is 6.08 Å². The molecule has 0 radical (unpaired) electrons. The van der Waals surface area contributed by atoms with Crippen molar-refractivity contribution in [3.63, 3.8) is 0 Å². The molecule has 0 saturated carbocycles. The Morgan fingerprint density at radius 1 is 0.519 bits per heavy atom. The van der Waals surface area contributed by atoms with Crippen LogP contribution in [0.1, 0.15) is 271 Å². The average molecular weight is 1080 g/mol. The second kappa shape index (κ2) is 53.7. The van der Waals surface area contributed by atoms with Crippen LogP contribution < -0.4 is 5.32 Å². The van der Waals surface area contributed by atoms with Crippen LogP contribution in [-0.2, 0) is 23.8 Å². The summed E-state index contributed by atoms with van der Waals surface area (Å²) in [5.41, 5.74) is 0. The van der Waals surface area contributed by atoms with E-state index in [0.717, 1.165) is 96.3 Å². The van der Waals surface area contributed by atoms with Crippen LogP contribution in [0.4, 0.5) is 0 Å². The lowest BCUT2D eigenvalue weighted by atomic mass is 9.99. The molecule has 1 heterocycles. The fraction of sp³-hybridized carbons (Fsp3) is 0.788. The molecule has 446 valence electrons. The molecule has 1 saturated heterocycles. The number of nitrogens with one attached hydrogen (secondary N) is 1. The van der Waals surface area contributed by atoms with Crippen molar-refractivity contribution in [2.24, 2.45) is 0 Å². The number of hydrogen-bond acceptors (Lipinski definition) is 10. The van der Waals surface area contributed by atoms with Crippen LogP contribution in [0.5, 0.6) is 0 Å². The Kier molecular flexibility index (Phi) is 50.3. The summed E-state index contributed by atoms with van der Waals surface area (Å²) in [5, 5.41) is 56.9. The molecule has 0 aliphatic carbocycles. The topological polar surface area (TPSA) is 175 Å². The van der Waals surface area contributed by atoms with Crippen molar-refractivity contribution >= 4 is 11.9 Å². The Hall–Kier alpha value is -2.90. The van der Waals surface area contributed by atoms with Crippen LogP contribution in [0.25, 0.3) is 0 Å². The minimum absolute atomic E-state index is 0.124. The number of aliphatic hydroxyl groups excluding tert-OH is 5. The number of allylic oxidation sites excluding steroid dienone is 11. The van der Waals surface area contributed by atoms with Gasteiger partial charge in [-0.1, -0.05) is 267 Å². The molecule has 1 aliphatic heterocycles. The van der Waals surface area contributed by atoms with E-state index in [2.05, 4.69) is 86.8 Å². The van der Waals surface area contributed by atoms with E-state index in [0.29, 0.717) is 12.8 Å². The van der Waals surface area contributed by atoms with Crippen molar-refractivity contribution in [2.45, 2.75) is 320 Å². The molecule has 11 nitrogen and oxygen atoms in total. The molecule has 0 aromatic rings. The van der Waals surface area contributed by atoms with Crippen LogP contribution in [0, 0.1) is 0 Å². The van der Waals surface area contributed by atoms with E-state index in [9.17, 15) is 35.1 Å². The van der Waals surface area contributed by atoms with Gasteiger partial charge in [-0.3, -0.25) is 9.59 Å². The molecule has 1 fully saturated rings. The number of aliphatic hydroxyl groups is 5. The van der Waals surface area contributed by atoms with Gasteiger partial charge in [-0.15, -0.1) is 0 Å². The highest BCUT2D eigenvalue weighted by atomic mass is 16.7. The van der Waals surface area contributed by atoms with Gasteiger partial charge in [-0.2, -0.15) is 0 Å². The summed E-state index contributed by atoms with van der Waals surface area (Å²) in [6.45, 7) is 5.65. The smallest absolute Gasteiger partial charge is 0.306 e. The highest BCUT2D eigenvalue weighted by Crippen LogP contribution is 2.26. The first-order valence-corrected chi connectivity index (χ1v) is 31.7. The van der Waals surface area contributed by atoms with Crippen molar-refractivity contribution in [1.82, 2.24) is 5.32 Å². The van der Waals surface area contributed by atoms with Crippen LogP contribution in [-0.4, -0.2) is 99.6 Å². The first kappa shape index (κ1) is 72.1. The molecule has 11 heteroatoms. The number of carbonyl (C=O) groups excluding carboxylic acids is 2. The second-order valence-electron chi connectivity index (χ2n) is 21.8. The van der Waals surface area contributed by atoms with Gasteiger partial charge in [0.05, 0.1) is 25.4 Å². The summed E-state index contributed by atoms with van der Waals surface area (Å²) in [4.78, 5) is 26.5. The standard InChI is InChI=1S/C66H117NO10/c1-4-7-10-13-16-19-22-23-24-25-26-27-28-29-30-31-32-33-34-35-36-39-41-44-47-50-53-59(70)65(74)67-57(58(69)52-49-46-43-40-37-20-17-14-11-8-5-2)56-75-66-64(63(73)62(72)60(55-68)76-66)77-61(71)54-51-48-45-42-38-21-18-15-12-9-6-3/h7,10,16,19,23-24,26-27,29-30,49,52,57-60,62-64,66,68-70,72-73H,4-6,8-9,11-15,17-18,20-22,25,28,31-48,50-51,53-56H2,1-3H3,(H,67,74)/b10-7-,19-16-,24-23-,27-26-,30-29-,52-49+. The van der Waals surface area contributed by atoms with Gasteiger partial charge in [-0.25, -0.2) is 0 Å². The zero-order chi connectivity index (χ0) is 56.1. The number of hydrogen-bond donors (Lipinski definition) is 6. The predicted molar refractivity (Wildman–Crippen MR) is 319 cm³/mol. The van der Waals surface area contributed by atoms with E-state index in [1.165, 1.54) is 128 Å². The molecule has 6 N–H and O–H groups in total. The summed E-state index contributed by atoms with van der Waals surface area (Å²) in [7, 11) is 0. The third-order valence-electron chi connectivity index (χ3n) is 14.6. The summed E-state index contributed by atoms with van der Waals surface area (Å²) in [6, 6.07) is -1.03. The largest absolute Gasteiger partial charge is 0.454 e. The molecule has 77 heavy (non-hydrogen) atoms. The number of amides is 1. The maximum absolute atomic E-state index is 13.4. The third-order valence-corrected chi connectivity index (χ3v) is 14.6. The van der Waals surface area contributed by atoms with Gasteiger partial charge in [0, 0.05) is 6.42 Å². The minimum Gasteiger partial charge on any atom is -0.454 e. The fourth-order valence-electron chi connectivity index (χ4n) is 9.62. The molecule has 8 unspecified atom stereocenters. The van der Waals surface area contributed by atoms with Crippen LogP contribution in [0.3, 0.4) is 0 Å². The predicted octanol–water partition coefficient (Wildman–Crippen LogP) is 15.2. The van der Waals surface area contributed by atoms with E-state index < -0.39 is 67.4 Å². The van der Waals surface area contributed by atoms with Gasteiger partial charge in [0.25, 0.3) is 0 Å². The summed E-state index contributed by atoms with van der Waals surface area (Å²) < 4.78 is 17.6. The lowest BCUT2D eigenvalue weighted by Gasteiger charge is -2.41. The van der Waals surface area contributed by atoms with Crippen LogP contribution in [0.2, 0.25) is 0 Å². The molecule has 0 aromatic carbocycles. The van der Waals surface area contributed by atoms with E-state index >= 15 is 0 Å². The maximum Gasteiger partial charge on any atom is 0.306 e. The Balaban J connectivity index is 2.58. The second-order valence-corrected chi connectivity index (χ2v) is 21.8. The number of rotatable bonds is 53. The molecule has 0 bridgehead atoms. The van der Waals surface area contributed by atoms with Crippen molar-refractivity contribution in [3.8, 4) is 0 Å². The van der Waals surface area contributed by atoms with E-state index in [1.807, 2.05) is 6.08 Å². The first-order valence-electron chi connectivity index (χ1n) is 31.7. The Morgan fingerprint density at radius 2 is 0.935 bits per heavy atom.